The smallest absolute Gasteiger partial charge is 0.364 e. The number of unbranched alkanes of at least 4 members (excludes halogenated alkanes) is 44. The highest BCUT2D eigenvalue weighted by molar-refractivity contribution is 5.77. The van der Waals surface area contributed by atoms with E-state index in [1.54, 1.807) is 0 Å². The molecule has 0 spiro atoms. The topological polar surface area (TPSA) is 373 Å². The maximum atomic E-state index is 13.6. The molecule has 0 radical (unpaired) electrons. The lowest BCUT2D eigenvalue weighted by Crippen LogP contribution is -2.70. The highest BCUT2D eigenvalue weighted by atomic mass is 16.8. The summed E-state index contributed by atoms with van der Waals surface area (Å²) in [5, 5.41) is 137. The zero-order chi connectivity index (χ0) is 77.4. The van der Waals surface area contributed by atoms with Crippen molar-refractivity contribution in [3.05, 3.63) is 24.3 Å². The largest absolute Gasteiger partial charge is 0.477 e. The van der Waals surface area contributed by atoms with Gasteiger partial charge in [-0.05, 0) is 44.9 Å². The van der Waals surface area contributed by atoms with Crippen LogP contribution in [0.25, 0.3) is 0 Å². The number of allylic oxidation sites excluding steroid dienone is 4. The average Bonchev–Trinajstić information content (AvgIpc) is 0.753. The van der Waals surface area contributed by atoms with E-state index in [1.807, 2.05) is 0 Å². The van der Waals surface area contributed by atoms with E-state index >= 15 is 0 Å². The lowest BCUT2D eigenvalue weighted by Gasteiger charge is -2.50. The van der Waals surface area contributed by atoms with E-state index in [0.717, 1.165) is 64.7 Å². The van der Waals surface area contributed by atoms with Gasteiger partial charge in [-0.1, -0.05) is 308 Å². The number of carbonyl (C=O) groups is 3. The van der Waals surface area contributed by atoms with Crippen molar-refractivity contribution >= 4 is 17.8 Å². The summed E-state index contributed by atoms with van der Waals surface area (Å²) in [5.41, 5.74) is 0. The van der Waals surface area contributed by atoms with Crippen LogP contribution in [0.15, 0.2) is 24.3 Å². The summed E-state index contributed by atoms with van der Waals surface area (Å²) >= 11 is 0. The molecule has 106 heavy (non-hydrogen) atoms. The van der Waals surface area contributed by atoms with Crippen molar-refractivity contribution in [1.82, 2.24) is 10.6 Å². The zero-order valence-electron chi connectivity index (χ0n) is 66.1. The van der Waals surface area contributed by atoms with Crippen molar-refractivity contribution < 1.29 is 104 Å². The van der Waals surface area contributed by atoms with Crippen molar-refractivity contribution in [3.63, 3.8) is 0 Å². The van der Waals surface area contributed by atoms with Gasteiger partial charge in [0.2, 0.25) is 11.8 Å². The van der Waals surface area contributed by atoms with Gasteiger partial charge in [0.05, 0.1) is 50.7 Å². The monoisotopic (exact) mass is 1520 g/mol. The molecule has 18 atom stereocenters. The Bertz CT molecular complexity index is 2200. The van der Waals surface area contributed by atoms with E-state index in [9.17, 15) is 75.7 Å². The number of carboxylic acid groups (broad SMARTS) is 1. The Morgan fingerprint density at radius 3 is 1.32 bits per heavy atom. The Hall–Kier alpha value is -2.79. The fourth-order valence-electron chi connectivity index (χ4n) is 14.9. The molecule has 23 heteroatoms. The first-order chi connectivity index (χ1) is 51.4. The number of rotatable bonds is 68. The third kappa shape index (κ3) is 41.1. The number of aliphatic hydroxyl groups is 11. The molecule has 0 aliphatic carbocycles. The predicted molar refractivity (Wildman–Crippen MR) is 412 cm³/mol. The predicted octanol–water partition coefficient (Wildman–Crippen LogP) is 12.3. The molecule has 23 nitrogen and oxygen atoms in total. The van der Waals surface area contributed by atoms with E-state index in [4.69, 9.17) is 28.4 Å². The van der Waals surface area contributed by atoms with Crippen LogP contribution in [0.3, 0.4) is 0 Å². The van der Waals surface area contributed by atoms with Crippen LogP contribution in [-0.4, -0.2) is 215 Å². The fraction of sp³-hybridized carbons (Fsp3) is 0.916. The first kappa shape index (κ1) is 97.4. The lowest BCUT2D eigenvalue weighted by molar-refractivity contribution is -0.386. The van der Waals surface area contributed by atoms with Crippen molar-refractivity contribution in [2.24, 2.45) is 0 Å². The summed E-state index contributed by atoms with van der Waals surface area (Å²) < 4.78 is 35.0. The SMILES string of the molecule is CCCCCCCCCCCCC/C=C\C/C=C\CCCCCCCCCCCCCCCCCCCC(=O)NC(COC1OC(CO)C(OC2OC(CO)C(O)C(OC3(C(=O)O)CC(O)C(NC(C)=O)C(C(O)C(O)CO)O3)C2O)C(O)C1O)C(O)CCCCCCCCCCCCCCCCCCC. The van der Waals surface area contributed by atoms with Crippen molar-refractivity contribution in [1.29, 1.82) is 0 Å². The van der Waals surface area contributed by atoms with Crippen LogP contribution in [0.5, 0.6) is 0 Å². The molecule has 0 aromatic carbocycles. The van der Waals surface area contributed by atoms with Gasteiger partial charge < -0.3 is 100 Å². The molecular weight excluding hydrogens is 1360 g/mol. The second kappa shape index (κ2) is 61.8. The number of carboxylic acids is 1. The second-order valence-corrected chi connectivity index (χ2v) is 31.0. The van der Waals surface area contributed by atoms with Crippen molar-refractivity contribution in [3.8, 4) is 0 Å². The van der Waals surface area contributed by atoms with E-state index in [0.29, 0.717) is 19.3 Å². The van der Waals surface area contributed by atoms with Crippen LogP contribution in [0.1, 0.15) is 348 Å². The molecule has 14 N–H and O–H groups in total. The van der Waals surface area contributed by atoms with Gasteiger partial charge >= 0.3 is 5.97 Å². The third-order valence-electron chi connectivity index (χ3n) is 21.7. The fourth-order valence-corrected chi connectivity index (χ4v) is 14.9. The van der Waals surface area contributed by atoms with Crippen LogP contribution >= 0.6 is 0 Å². The van der Waals surface area contributed by atoms with E-state index in [1.165, 1.54) is 238 Å². The minimum absolute atomic E-state index is 0.226. The van der Waals surface area contributed by atoms with Crippen LogP contribution in [0.4, 0.5) is 0 Å². The summed E-state index contributed by atoms with van der Waals surface area (Å²) in [5.74, 6) is -6.09. The summed E-state index contributed by atoms with van der Waals surface area (Å²) in [7, 11) is 0. The summed E-state index contributed by atoms with van der Waals surface area (Å²) in [6, 6.07) is -2.53. The molecule has 3 saturated heterocycles. The number of aliphatic hydroxyl groups excluding tert-OH is 11. The molecular formula is C83H154N2O21. The van der Waals surface area contributed by atoms with Crippen molar-refractivity contribution in [2.45, 2.75) is 458 Å². The Kier molecular flexibility index (Phi) is 56.7. The van der Waals surface area contributed by atoms with Gasteiger partial charge in [-0.2, -0.15) is 0 Å². The van der Waals surface area contributed by atoms with Gasteiger partial charge in [-0.15, -0.1) is 0 Å². The maximum Gasteiger partial charge on any atom is 0.364 e. The number of aliphatic carboxylic acids is 1. The normalized spacial score (nSPS) is 26.2. The Morgan fingerprint density at radius 1 is 0.491 bits per heavy atom. The summed E-state index contributed by atoms with van der Waals surface area (Å²) in [6.07, 6.45) is 40.5. The summed E-state index contributed by atoms with van der Waals surface area (Å²) in [6.45, 7) is 2.26. The Morgan fingerprint density at radius 2 is 0.906 bits per heavy atom. The second-order valence-electron chi connectivity index (χ2n) is 31.0. The van der Waals surface area contributed by atoms with Crippen LogP contribution in [-0.2, 0) is 42.8 Å². The molecule has 3 heterocycles. The van der Waals surface area contributed by atoms with Gasteiger partial charge in [0.15, 0.2) is 12.6 Å². The molecule has 3 aliphatic heterocycles. The van der Waals surface area contributed by atoms with Gasteiger partial charge in [-0.25, -0.2) is 4.79 Å². The Balaban J connectivity index is 1.44. The number of hydrogen-bond donors (Lipinski definition) is 14. The minimum Gasteiger partial charge on any atom is -0.477 e. The quantitative estimate of drug-likeness (QED) is 0.0199. The highest BCUT2D eigenvalue weighted by Gasteiger charge is 2.60. The van der Waals surface area contributed by atoms with E-state index in [-0.39, 0.29) is 18.9 Å². The molecule has 2 amide bonds. The van der Waals surface area contributed by atoms with Gasteiger partial charge in [0.25, 0.3) is 5.79 Å². The van der Waals surface area contributed by atoms with Gasteiger partial charge in [-0.3, -0.25) is 9.59 Å². The van der Waals surface area contributed by atoms with Crippen LogP contribution in [0, 0.1) is 0 Å². The highest BCUT2D eigenvalue weighted by Crippen LogP contribution is 2.39. The maximum absolute atomic E-state index is 13.6. The minimum atomic E-state index is -3.08. The third-order valence-corrected chi connectivity index (χ3v) is 21.7. The molecule has 3 aliphatic rings. The van der Waals surface area contributed by atoms with Crippen LogP contribution < -0.4 is 10.6 Å². The number of ether oxygens (including phenoxy) is 6. The molecule has 0 saturated carbocycles. The molecule has 0 bridgehead atoms. The Labute approximate surface area is 638 Å². The van der Waals surface area contributed by atoms with Gasteiger partial charge in [0, 0.05) is 19.8 Å². The molecule has 622 valence electrons. The molecule has 3 fully saturated rings. The lowest BCUT2D eigenvalue weighted by atomic mass is 9.88. The van der Waals surface area contributed by atoms with E-state index < -0.39 is 148 Å². The van der Waals surface area contributed by atoms with Crippen molar-refractivity contribution in [2.75, 3.05) is 26.4 Å². The zero-order valence-corrected chi connectivity index (χ0v) is 66.1. The first-order valence-corrected chi connectivity index (χ1v) is 42.7. The molecule has 18 unspecified atom stereocenters. The molecule has 0 aromatic rings. The van der Waals surface area contributed by atoms with E-state index in [2.05, 4.69) is 48.8 Å². The number of amides is 2. The van der Waals surface area contributed by atoms with Crippen LogP contribution in [0.2, 0.25) is 0 Å². The van der Waals surface area contributed by atoms with Gasteiger partial charge in [0.1, 0.15) is 67.1 Å². The molecule has 3 rings (SSSR count). The number of nitrogens with one attached hydrogen (secondary N) is 2. The first-order valence-electron chi connectivity index (χ1n) is 42.7. The summed E-state index contributed by atoms with van der Waals surface area (Å²) in [4.78, 5) is 38.7. The molecule has 0 aromatic heterocycles. The standard InChI is InChI=1S/C83H154N2O21/c1-4-6-8-10-12-14-16-18-20-22-23-24-25-26-27-28-29-30-31-32-33-34-35-36-37-38-39-41-43-45-47-49-51-53-55-57-70(93)85-64(65(90)56-54-52-50-48-46-44-42-40-21-19-17-15-13-11-9-7-5-2)62-101-80-75(97)74(96)77(69(61-88)103-80)104-81-76(98)79(73(95)68(60-87)102-81)106-83(82(99)100)58-66(91)71(84-63(3)89)78(105-83)72(94)67(92)59-86/h25-26,28-29,64-69,71-81,86-88,90-92,94-98H,4-24,27,30-62H2,1-3H3,(H,84,89)(H,85,93)(H,99,100)/b26-25-,29-28-. The average molecular weight is 1520 g/mol. The number of hydrogen-bond acceptors (Lipinski definition) is 20. The number of carbonyl (C=O) groups excluding carboxylic acids is 2.